The predicted molar refractivity (Wildman–Crippen MR) is 423 cm³/mol. The maximum atomic E-state index is 9.90. The highest BCUT2D eigenvalue weighted by Crippen LogP contribution is 2.33. The van der Waals surface area contributed by atoms with E-state index in [1.165, 1.54) is 49.6 Å². The largest absolute Gasteiger partial charge is 0.382 e. The third-order valence-corrected chi connectivity index (χ3v) is 17.1. The highest BCUT2D eigenvalue weighted by Gasteiger charge is 2.24. The Balaban J connectivity index is 0.000000159. The first-order chi connectivity index (χ1) is 54.1. The summed E-state index contributed by atoms with van der Waals surface area (Å²) in [6, 6.07) is 15.7. The van der Waals surface area contributed by atoms with Crippen molar-refractivity contribution in [1.82, 2.24) is 90.4 Å². The number of morpholine rings is 3. The monoisotopic (exact) mass is 1530 g/mol. The van der Waals surface area contributed by atoms with Gasteiger partial charge in [-0.1, -0.05) is 35.3 Å². The third-order valence-electron chi connectivity index (χ3n) is 16.8. The van der Waals surface area contributed by atoms with Crippen molar-refractivity contribution in [3.8, 4) is 59.1 Å². The topological polar surface area (TPSA) is 463 Å². The maximum Gasteiger partial charge on any atom is 0.158 e. The molecule has 4 saturated heterocycles. The number of nitrogens with zero attached hydrogens (tertiary/aromatic N) is 20. The van der Waals surface area contributed by atoms with Crippen molar-refractivity contribution in [2.75, 3.05) is 148 Å². The zero-order chi connectivity index (χ0) is 79.2. The van der Waals surface area contributed by atoms with Crippen LogP contribution in [0.4, 0.5) is 69.3 Å². The van der Waals surface area contributed by atoms with Gasteiger partial charge in [0.25, 0.3) is 0 Å². The van der Waals surface area contributed by atoms with Crippen LogP contribution in [0.2, 0.25) is 5.02 Å². The lowest BCUT2D eigenvalue weighted by Crippen LogP contribution is -2.42. The molecule has 4 aliphatic rings. The van der Waals surface area contributed by atoms with Crippen LogP contribution < -0.4 is 58.1 Å². The minimum absolute atomic E-state index is 0.0489. The van der Waals surface area contributed by atoms with E-state index in [1.54, 1.807) is 63.4 Å². The Bertz CT molecular complexity index is 4700. The standard InChI is InChI=1S/2C20H23N7O2.C19H21N9O.C17H20ClN7/c2*1-20(2,28)4-3-14-9-25-18(27-19-13-23-15(8-21)10-26-19)7-17(14)24-12-16-11-22-5-6-29-16;1-28-12-13(6-26-28)16-10-25-18(27-19-11-22-14(5-20)7-24-19)4-17(16)23-9-15-8-21-2-3-29-15;1-24-5-3-13(4-6-24)25(2)15-7-16(22-10-14(15)18)23-17-11-20-12(8-19)9-21-17/h2*7,9-10,13,16,22,28H,5-6,11-12H2,1-2H3,(H2,24,25,26,27);4,6-7,10-12,15,21H,2-3,8-9H2,1H3,(H2,23,24,25,27);7,9-11,13H,3-6H2,1-2H3,(H,21,22,23)/t2*16-;15-;/m100./s1. The number of rotatable bonds is 20. The zero-order valence-electron chi connectivity index (χ0n) is 63.0. The Morgan fingerprint density at radius 2 is 0.857 bits per heavy atom. The van der Waals surface area contributed by atoms with Crippen molar-refractivity contribution in [2.24, 2.45) is 7.05 Å². The van der Waals surface area contributed by atoms with Gasteiger partial charge in [-0.25, -0.2) is 59.8 Å². The second-order valence-corrected chi connectivity index (χ2v) is 27.3. The molecule has 36 heteroatoms. The molecule has 12 N–H and O–H groups in total. The van der Waals surface area contributed by atoms with Crippen molar-refractivity contribution in [2.45, 2.75) is 76.1 Å². The van der Waals surface area contributed by atoms with Crippen molar-refractivity contribution < 1.29 is 24.4 Å². The summed E-state index contributed by atoms with van der Waals surface area (Å²) in [4.78, 5) is 54.7. The zero-order valence-corrected chi connectivity index (χ0v) is 63.7. The molecule has 0 radical (unpaired) electrons. The van der Waals surface area contributed by atoms with Gasteiger partial charge in [0.15, 0.2) is 22.8 Å². The molecule has 0 aliphatic carbocycles. The molecule has 35 nitrogen and oxygen atoms in total. The summed E-state index contributed by atoms with van der Waals surface area (Å²) in [5.74, 6) is 15.9. The van der Waals surface area contributed by atoms with Gasteiger partial charge in [-0.15, -0.1) is 0 Å². The average molecular weight is 1540 g/mol. The number of anilines is 12. The number of aromatic nitrogens is 14. The Labute approximate surface area is 653 Å². The van der Waals surface area contributed by atoms with Gasteiger partial charge in [0.1, 0.15) is 82.0 Å². The lowest BCUT2D eigenvalue weighted by molar-refractivity contribution is 0.0371. The number of ether oxygens (including phenoxy) is 3. The van der Waals surface area contributed by atoms with Crippen LogP contribution in [0.5, 0.6) is 0 Å². The van der Waals surface area contributed by atoms with Gasteiger partial charge in [0.05, 0.1) is 133 Å². The normalized spacial score (nSPS) is 16.1. The Morgan fingerprint density at radius 3 is 1.21 bits per heavy atom. The molecule has 13 rings (SSSR count). The fourth-order valence-electron chi connectivity index (χ4n) is 11.0. The molecule has 112 heavy (non-hydrogen) atoms. The fourth-order valence-corrected chi connectivity index (χ4v) is 11.3. The number of nitrogens with one attached hydrogen (secondary N) is 10. The minimum atomic E-state index is -1.11. The van der Waals surface area contributed by atoms with E-state index in [4.69, 9.17) is 46.9 Å². The molecule has 9 aromatic rings. The van der Waals surface area contributed by atoms with E-state index in [2.05, 4.69) is 166 Å². The second kappa shape index (κ2) is 40.8. The number of hydrogen-bond donors (Lipinski definition) is 12. The van der Waals surface area contributed by atoms with Crippen LogP contribution in [-0.2, 0) is 21.3 Å². The molecule has 0 amide bonds. The molecular formula is C76H87ClN30O5. The molecule has 3 atom stereocenters. The summed E-state index contributed by atoms with van der Waals surface area (Å²) in [5, 5.41) is 92.4. The van der Waals surface area contributed by atoms with Crippen molar-refractivity contribution in [3.05, 3.63) is 150 Å². The SMILES string of the molecule is CC(C)(O)C#Cc1cnc(Nc2cnc(C#N)cn2)cc1NC[C@@H]1CNCCO1.CC(C)(O)C#Cc1cnc(Nc2cnc(C#N)cn2)cc1NC[C@H]1CNCCO1.CN1CCC(N(C)c2cc(Nc3cnc(C#N)cn3)ncc2Cl)CC1.Cn1cc(-c2cnc(Nc3cnc(C#N)cn3)cc2NC[C@@H]2CNCCO2)cn1. The van der Waals surface area contributed by atoms with E-state index >= 15 is 0 Å². The number of hydrogen-bond acceptors (Lipinski definition) is 34. The first kappa shape index (κ1) is 82.0. The van der Waals surface area contributed by atoms with Crippen molar-refractivity contribution in [1.29, 1.82) is 21.0 Å². The quantitative estimate of drug-likeness (QED) is 0.0390. The first-order valence-corrected chi connectivity index (χ1v) is 36.2. The number of pyridine rings is 4. The Morgan fingerprint density at radius 1 is 0.491 bits per heavy atom. The molecule has 0 bridgehead atoms. The summed E-state index contributed by atoms with van der Waals surface area (Å²) in [5.41, 5.74) is 5.40. The van der Waals surface area contributed by atoms with Gasteiger partial charge >= 0.3 is 0 Å². The molecule has 9 aromatic heterocycles. The molecule has 0 saturated carbocycles. The van der Waals surface area contributed by atoms with Crippen LogP contribution in [0.1, 0.15) is 74.4 Å². The van der Waals surface area contributed by atoms with Crippen LogP contribution in [-0.4, -0.2) is 226 Å². The van der Waals surface area contributed by atoms with Crippen LogP contribution in [0.25, 0.3) is 11.1 Å². The van der Waals surface area contributed by atoms with Gasteiger partial charge < -0.3 is 87.4 Å². The van der Waals surface area contributed by atoms with Crippen LogP contribution in [0.3, 0.4) is 0 Å². The molecular weight excluding hydrogens is 1450 g/mol. The minimum Gasteiger partial charge on any atom is -0.382 e. The molecule has 0 spiro atoms. The summed E-state index contributed by atoms with van der Waals surface area (Å²) >= 11 is 6.38. The second-order valence-electron chi connectivity index (χ2n) is 26.9. The van der Waals surface area contributed by atoms with E-state index < -0.39 is 11.2 Å². The molecule has 0 unspecified atom stereocenters. The van der Waals surface area contributed by atoms with E-state index in [-0.39, 0.29) is 41.1 Å². The van der Waals surface area contributed by atoms with E-state index in [0.717, 1.165) is 99.1 Å². The number of aliphatic hydroxyl groups is 2. The first-order valence-electron chi connectivity index (χ1n) is 35.9. The summed E-state index contributed by atoms with van der Waals surface area (Å²) in [6.07, 6.45) is 24.4. The summed E-state index contributed by atoms with van der Waals surface area (Å²) in [7, 11) is 6.10. The van der Waals surface area contributed by atoms with E-state index in [9.17, 15) is 10.2 Å². The number of nitriles is 4. The Kier molecular flexibility index (Phi) is 29.9. The molecule has 4 fully saturated rings. The van der Waals surface area contributed by atoms with Gasteiger partial charge in [-0.3, -0.25) is 4.68 Å². The van der Waals surface area contributed by atoms with Gasteiger partial charge in [-0.05, 0) is 60.7 Å². The number of likely N-dealkylation sites (tertiary alicyclic amines) is 1. The van der Waals surface area contributed by atoms with Gasteiger partial charge in [0, 0.05) is 145 Å². The molecule has 13 heterocycles. The molecule has 0 aromatic carbocycles. The molecule has 4 aliphatic heterocycles. The van der Waals surface area contributed by atoms with E-state index in [1.807, 2.05) is 61.8 Å². The number of halogens is 1. The van der Waals surface area contributed by atoms with Gasteiger partial charge in [0.2, 0.25) is 0 Å². The van der Waals surface area contributed by atoms with E-state index in [0.29, 0.717) is 108 Å². The lowest BCUT2D eigenvalue weighted by atomic mass is 10.0. The van der Waals surface area contributed by atoms with Gasteiger partial charge in [-0.2, -0.15) is 26.1 Å². The summed E-state index contributed by atoms with van der Waals surface area (Å²) < 4.78 is 19.0. The van der Waals surface area contributed by atoms with Crippen molar-refractivity contribution >= 4 is 80.9 Å². The highest BCUT2D eigenvalue weighted by molar-refractivity contribution is 6.33. The van der Waals surface area contributed by atoms with Crippen LogP contribution >= 0.6 is 11.6 Å². The summed E-state index contributed by atoms with van der Waals surface area (Å²) in [6.45, 7) is 17.6. The highest BCUT2D eigenvalue weighted by atomic mass is 35.5. The maximum absolute atomic E-state index is 9.90. The average Bonchev–Trinajstić information content (AvgIpc) is 1.55. The Hall–Kier alpha value is -12.5. The predicted octanol–water partition coefficient (Wildman–Crippen LogP) is 5.98. The number of aryl methyl sites for hydroxylation is 1. The smallest absolute Gasteiger partial charge is 0.158 e. The third kappa shape index (κ3) is 26.4. The van der Waals surface area contributed by atoms with Crippen LogP contribution in [0.15, 0.2) is 111 Å². The van der Waals surface area contributed by atoms with Crippen molar-refractivity contribution in [3.63, 3.8) is 0 Å². The van der Waals surface area contributed by atoms with Crippen LogP contribution in [0, 0.1) is 69.0 Å². The number of piperidine rings is 1. The fraction of sp³-hybridized carbons (Fsp3) is 0.382. The molecule has 578 valence electrons. The lowest BCUT2D eigenvalue weighted by Gasteiger charge is -2.36.